The summed E-state index contributed by atoms with van der Waals surface area (Å²) < 4.78 is 27.6. The summed E-state index contributed by atoms with van der Waals surface area (Å²) in [6, 6.07) is 10.4. The van der Waals surface area contributed by atoms with E-state index in [0.29, 0.717) is 57.1 Å². The minimum atomic E-state index is -1.10. The van der Waals surface area contributed by atoms with E-state index < -0.39 is 5.60 Å². The topological polar surface area (TPSA) is 114 Å². The Hall–Kier alpha value is -4.57. The molecule has 2 N–H and O–H groups in total. The van der Waals surface area contributed by atoms with E-state index in [1.807, 2.05) is 55.6 Å². The highest BCUT2D eigenvalue weighted by atomic mass is 19.1. The Labute approximate surface area is 223 Å². The van der Waals surface area contributed by atoms with E-state index in [1.165, 1.54) is 12.1 Å². The Morgan fingerprint density at radius 1 is 1.00 bits per heavy atom. The third-order valence-corrected chi connectivity index (χ3v) is 6.83. The fraction of sp³-hybridized carbons (Fsp3) is 0.241. The second kappa shape index (κ2) is 8.74. The van der Waals surface area contributed by atoms with Gasteiger partial charge in [-0.3, -0.25) is 4.40 Å². The Kier molecular flexibility index (Phi) is 5.55. The molecule has 0 fully saturated rings. The maximum absolute atomic E-state index is 14.0. The number of nitrogens with one attached hydrogen (secondary N) is 1. The van der Waals surface area contributed by atoms with Crippen LogP contribution in [0.3, 0.4) is 0 Å². The molecule has 39 heavy (non-hydrogen) atoms. The fourth-order valence-corrected chi connectivity index (χ4v) is 4.86. The van der Waals surface area contributed by atoms with Gasteiger partial charge in [-0.25, -0.2) is 4.39 Å². The predicted molar refractivity (Wildman–Crippen MR) is 144 cm³/mol. The molecular formula is C29H27FN6O3. The van der Waals surface area contributed by atoms with Gasteiger partial charge >= 0.3 is 0 Å². The molecule has 0 amide bonds. The number of aromatic nitrogens is 6. The van der Waals surface area contributed by atoms with Crippen LogP contribution in [-0.2, 0) is 5.60 Å². The number of benzene rings is 2. The van der Waals surface area contributed by atoms with Crippen LogP contribution in [0.15, 0.2) is 47.1 Å². The quantitative estimate of drug-likeness (QED) is 0.270. The van der Waals surface area contributed by atoms with Crippen molar-refractivity contribution in [1.82, 2.24) is 29.7 Å². The first-order chi connectivity index (χ1) is 18.5. The summed E-state index contributed by atoms with van der Waals surface area (Å²) in [5.41, 5.74) is 4.53. The highest BCUT2D eigenvalue weighted by Crippen LogP contribution is 2.42. The molecule has 0 bridgehead atoms. The first-order valence-corrected chi connectivity index (χ1v) is 12.5. The number of hydrogen-bond donors (Lipinski definition) is 2. The molecule has 4 heterocycles. The summed E-state index contributed by atoms with van der Waals surface area (Å²) in [6.45, 7) is 10.7. The lowest BCUT2D eigenvalue weighted by molar-refractivity contribution is 0.0786. The minimum absolute atomic E-state index is 0.319. The lowest BCUT2D eigenvalue weighted by atomic mass is 9.93. The van der Waals surface area contributed by atoms with Gasteiger partial charge < -0.3 is 19.4 Å². The van der Waals surface area contributed by atoms with E-state index in [4.69, 9.17) is 9.26 Å². The van der Waals surface area contributed by atoms with Crippen molar-refractivity contribution in [3.63, 3.8) is 0 Å². The molecular weight excluding hydrogens is 499 g/mol. The largest absolute Gasteiger partial charge is 0.456 e. The number of halogens is 1. The third kappa shape index (κ3) is 4.22. The maximum Gasteiger partial charge on any atom is 0.223 e. The first kappa shape index (κ1) is 24.7. The number of pyridine rings is 1. The molecule has 4 aromatic heterocycles. The van der Waals surface area contributed by atoms with Crippen LogP contribution in [0, 0.1) is 33.5 Å². The molecule has 0 saturated carbocycles. The average Bonchev–Trinajstić information content (AvgIpc) is 3.58. The van der Waals surface area contributed by atoms with Crippen LogP contribution in [0.5, 0.6) is 11.5 Å². The maximum atomic E-state index is 14.0. The predicted octanol–water partition coefficient (Wildman–Crippen LogP) is 6.32. The smallest absolute Gasteiger partial charge is 0.223 e. The van der Waals surface area contributed by atoms with Crippen LogP contribution >= 0.6 is 0 Å². The standard InChI is InChI=1S/C29H27FN6O3/c1-14-9-19(30)10-15(2)26(14)38-24-8-7-18(29(5,6)37)11-20(24)22-13-36-16(3)33-34-28(36)21-12-23(32-25(21)22)27-31-17(4)39-35-27/h7-13,32,37H,1-6H3. The van der Waals surface area contributed by atoms with Crippen molar-refractivity contribution in [2.24, 2.45) is 0 Å². The Balaban J connectivity index is 1.65. The van der Waals surface area contributed by atoms with Gasteiger partial charge in [0.05, 0.1) is 16.8 Å². The van der Waals surface area contributed by atoms with E-state index >= 15 is 0 Å². The van der Waals surface area contributed by atoms with Crippen molar-refractivity contribution in [2.75, 3.05) is 0 Å². The summed E-state index contributed by atoms with van der Waals surface area (Å²) in [4.78, 5) is 7.81. The minimum Gasteiger partial charge on any atom is -0.456 e. The zero-order chi connectivity index (χ0) is 27.6. The van der Waals surface area contributed by atoms with E-state index in [1.54, 1.807) is 20.8 Å². The summed E-state index contributed by atoms with van der Waals surface area (Å²) in [6.07, 6.45) is 1.94. The number of fused-ring (bicyclic) bond motifs is 3. The Morgan fingerprint density at radius 3 is 2.41 bits per heavy atom. The highest BCUT2D eigenvalue weighted by molar-refractivity contribution is 6.04. The monoisotopic (exact) mass is 526 g/mol. The summed E-state index contributed by atoms with van der Waals surface area (Å²) in [5, 5.41) is 24.4. The number of aryl methyl sites for hydroxylation is 4. The molecule has 0 spiro atoms. The van der Waals surface area contributed by atoms with Gasteiger partial charge in [0, 0.05) is 29.6 Å². The molecule has 6 aromatic rings. The second-order valence-electron chi connectivity index (χ2n) is 10.3. The zero-order valence-corrected chi connectivity index (χ0v) is 22.4. The number of rotatable bonds is 5. The number of aliphatic hydroxyl groups is 1. The molecule has 0 aliphatic carbocycles. The molecule has 2 aromatic carbocycles. The Bertz CT molecular complexity index is 1870. The van der Waals surface area contributed by atoms with Crippen molar-refractivity contribution < 1.29 is 18.8 Å². The van der Waals surface area contributed by atoms with E-state index in [-0.39, 0.29) is 5.82 Å². The normalized spacial score (nSPS) is 12.1. The van der Waals surface area contributed by atoms with Crippen LogP contribution in [0.4, 0.5) is 4.39 Å². The van der Waals surface area contributed by atoms with Crippen LogP contribution in [0.1, 0.15) is 42.3 Å². The number of ether oxygens (including phenoxy) is 1. The molecule has 0 radical (unpaired) electrons. The Morgan fingerprint density at radius 2 is 1.74 bits per heavy atom. The summed E-state index contributed by atoms with van der Waals surface area (Å²) in [7, 11) is 0. The van der Waals surface area contributed by atoms with Gasteiger partial charge in [0.15, 0.2) is 5.65 Å². The molecule has 0 atom stereocenters. The lowest BCUT2D eigenvalue weighted by Gasteiger charge is -2.22. The lowest BCUT2D eigenvalue weighted by Crippen LogP contribution is -2.15. The van der Waals surface area contributed by atoms with Gasteiger partial charge in [0.1, 0.15) is 23.1 Å². The summed E-state index contributed by atoms with van der Waals surface area (Å²) in [5.74, 6) is 2.37. The second-order valence-corrected chi connectivity index (χ2v) is 10.3. The van der Waals surface area contributed by atoms with Crippen molar-refractivity contribution in [3.05, 3.63) is 76.8 Å². The number of nitrogens with zero attached hydrogens (tertiary/aromatic N) is 5. The SMILES string of the molecule is Cc1nc(-c2cc3c([nH]2)c(-c2cc(C(C)(C)O)ccc2Oc2c(C)cc(F)cc2C)cn2c(C)nnc32)no1. The van der Waals surface area contributed by atoms with E-state index in [9.17, 15) is 9.50 Å². The van der Waals surface area contributed by atoms with Crippen molar-refractivity contribution in [1.29, 1.82) is 0 Å². The van der Waals surface area contributed by atoms with Crippen LogP contribution in [0.25, 0.3) is 39.2 Å². The zero-order valence-electron chi connectivity index (χ0n) is 22.4. The van der Waals surface area contributed by atoms with E-state index in [0.717, 1.165) is 22.0 Å². The molecule has 0 aliphatic rings. The number of hydrogen-bond acceptors (Lipinski definition) is 7. The van der Waals surface area contributed by atoms with Gasteiger partial charge in [-0.15, -0.1) is 10.2 Å². The van der Waals surface area contributed by atoms with Gasteiger partial charge in [-0.05, 0) is 81.6 Å². The molecule has 0 saturated heterocycles. The van der Waals surface area contributed by atoms with Crippen molar-refractivity contribution in [3.8, 4) is 34.1 Å². The first-order valence-electron chi connectivity index (χ1n) is 12.5. The van der Waals surface area contributed by atoms with Crippen LogP contribution < -0.4 is 4.74 Å². The third-order valence-electron chi connectivity index (χ3n) is 6.83. The van der Waals surface area contributed by atoms with Gasteiger partial charge in [0.25, 0.3) is 0 Å². The molecule has 9 nitrogen and oxygen atoms in total. The molecule has 10 heteroatoms. The molecule has 198 valence electrons. The van der Waals surface area contributed by atoms with Gasteiger partial charge in [-0.1, -0.05) is 11.2 Å². The molecule has 6 rings (SSSR count). The van der Waals surface area contributed by atoms with Crippen LogP contribution in [-0.4, -0.2) is 34.8 Å². The average molecular weight is 527 g/mol. The molecule has 0 unspecified atom stereocenters. The summed E-state index contributed by atoms with van der Waals surface area (Å²) >= 11 is 0. The van der Waals surface area contributed by atoms with Gasteiger partial charge in [-0.2, -0.15) is 4.98 Å². The number of aromatic amines is 1. The van der Waals surface area contributed by atoms with Crippen molar-refractivity contribution in [2.45, 2.75) is 47.1 Å². The van der Waals surface area contributed by atoms with Crippen molar-refractivity contribution >= 4 is 16.6 Å². The van der Waals surface area contributed by atoms with Gasteiger partial charge in [0.2, 0.25) is 11.7 Å². The number of H-pyrrole nitrogens is 1. The fourth-order valence-electron chi connectivity index (χ4n) is 4.86. The molecule has 0 aliphatic heterocycles. The highest BCUT2D eigenvalue weighted by Gasteiger charge is 2.24. The van der Waals surface area contributed by atoms with Crippen LogP contribution in [0.2, 0.25) is 0 Å². The van der Waals surface area contributed by atoms with E-state index in [2.05, 4.69) is 25.3 Å².